The molecule has 0 saturated carbocycles. The van der Waals surface area contributed by atoms with Crippen LogP contribution in [0.3, 0.4) is 0 Å². The van der Waals surface area contributed by atoms with E-state index in [-0.39, 0.29) is 16.3 Å². The topological polar surface area (TPSA) is 47.3 Å². The van der Waals surface area contributed by atoms with Crippen molar-refractivity contribution in [1.82, 2.24) is 5.43 Å². The summed E-state index contributed by atoms with van der Waals surface area (Å²) in [4.78, 5) is 0. The fourth-order valence-electron chi connectivity index (χ4n) is 1.24. The van der Waals surface area contributed by atoms with Gasteiger partial charge in [-0.3, -0.25) is 5.84 Å². The first-order valence-electron chi connectivity index (χ1n) is 4.26. The highest BCUT2D eigenvalue weighted by Gasteiger charge is 2.40. The van der Waals surface area contributed by atoms with E-state index in [2.05, 4.69) is 0 Å². The van der Waals surface area contributed by atoms with Crippen molar-refractivity contribution in [2.75, 3.05) is 7.11 Å². The van der Waals surface area contributed by atoms with Crippen molar-refractivity contribution in [3.63, 3.8) is 0 Å². The molecule has 1 unspecified atom stereocenters. The Hall–Kier alpha value is -0.980. The quantitative estimate of drug-likeness (QED) is 0.643. The molecule has 1 rings (SSSR count). The molecule has 1 atom stereocenters. The van der Waals surface area contributed by atoms with E-state index >= 15 is 0 Å². The number of benzene rings is 1. The van der Waals surface area contributed by atoms with Gasteiger partial charge in [-0.25, -0.2) is 5.43 Å². The molecule has 0 aliphatic heterocycles. The van der Waals surface area contributed by atoms with Crippen molar-refractivity contribution < 1.29 is 17.9 Å². The Kier molecular flexibility index (Phi) is 4.01. The molecule has 1 aromatic carbocycles. The fourth-order valence-corrected chi connectivity index (χ4v) is 1.43. The van der Waals surface area contributed by atoms with Crippen LogP contribution in [0.2, 0.25) is 5.02 Å². The summed E-state index contributed by atoms with van der Waals surface area (Å²) < 4.78 is 42.4. The van der Waals surface area contributed by atoms with E-state index in [1.54, 1.807) is 5.43 Å². The maximum Gasteiger partial charge on any atom is 0.409 e. The second-order valence-electron chi connectivity index (χ2n) is 3.04. The molecule has 1 aromatic rings. The van der Waals surface area contributed by atoms with Gasteiger partial charge in [0.05, 0.1) is 12.1 Å². The van der Waals surface area contributed by atoms with Crippen LogP contribution in [-0.2, 0) is 0 Å². The zero-order valence-corrected chi connectivity index (χ0v) is 9.06. The largest absolute Gasteiger partial charge is 0.495 e. The minimum atomic E-state index is -4.48. The highest BCUT2D eigenvalue weighted by Crippen LogP contribution is 2.35. The van der Waals surface area contributed by atoms with E-state index in [0.717, 1.165) is 0 Å². The summed E-state index contributed by atoms with van der Waals surface area (Å²) in [6, 6.07) is 1.81. The average Bonchev–Trinajstić information content (AvgIpc) is 2.19. The summed E-state index contributed by atoms with van der Waals surface area (Å²) in [7, 11) is 1.32. The van der Waals surface area contributed by atoms with Crippen molar-refractivity contribution in [2.24, 2.45) is 5.84 Å². The molecule has 7 heteroatoms. The third-order valence-electron chi connectivity index (χ3n) is 2.00. The molecule has 0 amide bonds. The van der Waals surface area contributed by atoms with Gasteiger partial charge < -0.3 is 4.74 Å². The minimum Gasteiger partial charge on any atom is -0.495 e. The Morgan fingerprint density at radius 2 is 2.06 bits per heavy atom. The Labute approximate surface area is 95.3 Å². The van der Waals surface area contributed by atoms with Crippen LogP contribution in [0.25, 0.3) is 0 Å². The zero-order valence-electron chi connectivity index (χ0n) is 8.31. The average molecular weight is 255 g/mol. The van der Waals surface area contributed by atoms with Crippen LogP contribution >= 0.6 is 11.6 Å². The first kappa shape index (κ1) is 13.1. The highest BCUT2D eigenvalue weighted by atomic mass is 35.5. The van der Waals surface area contributed by atoms with Crippen molar-refractivity contribution in [1.29, 1.82) is 0 Å². The standard InChI is InChI=1S/C9H10ClF3N2O/c1-16-7-4-5(2-3-6(7)10)8(15-14)9(11,12)13/h2-4,8,15H,14H2,1H3. The second-order valence-corrected chi connectivity index (χ2v) is 3.44. The highest BCUT2D eigenvalue weighted by molar-refractivity contribution is 6.32. The first-order chi connectivity index (χ1) is 7.40. The molecule has 0 bridgehead atoms. The van der Waals surface area contributed by atoms with E-state index in [1.165, 1.54) is 25.3 Å². The molecule has 0 saturated heterocycles. The number of rotatable bonds is 3. The normalized spacial score (nSPS) is 13.6. The number of hydrogen-bond acceptors (Lipinski definition) is 3. The molecule has 90 valence electrons. The molecule has 0 heterocycles. The van der Waals surface area contributed by atoms with Gasteiger partial charge >= 0.3 is 6.18 Å². The van der Waals surface area contributed by atoms with E-state index in [4.69, 9.17) is 22.2 Å². The van der Waals surface area contributed by atoms with Crippen LogP contribution in [-0.4, -0.2) is 13.3 Å². The number of hydrazine groups is 1. The van der Waals surface area contributed by atoms with Crippen molar-refractivity contribution in [3.8, 4) is 5.75 Å². The number of methoxy groups -OCH3 is 1. The van der Waals surface area contributed by atoms with Crippen LogP contribution in [0.1, 0.15) is 11.6 Å². The molecular formula is C9H10ClF3N2O. The number of alkyl halides is 3. The van der Waals surface area contributed by atoms with Gasteiger partial charge in [0.1, 0.15) is 11.8 Å². The molecule has 3 nitrogen and oxygen atoms in total. The summed E-state index contributed by atoms with van der Waals surface area (Å²) in [6.45, 7) is 0. The lowest BCUT2D eigenvalue weighted by atomic mass is 10.1. The molecule has 16 heavy (non-hydrogen) atoms. The third kappa shape index (κ3) is 2.78. The number of halogens is 4. The predicted molar refractivity (Wildman–Crippen MR) is 54.1 cm³/mol. The van der Waals surface area contributed by atoms with Gasteiger partial charge in [-0.1, -0.05) is 17.7 Å². The molecule has 3 N–H and O–H groups in total. The van der Waals surface area contributed by atoms with Gasteiger partial charge in [0.2, 0.25) is 0 Å². The molecule has 0 fully saturated rings. The number of ether oxygens (including phenoxy) is 1. The lowest BCUT2D eigenvalue weighted by Crippen LogP contribution is -2.38. The van der Waals surface area contributed by atoms with Crippen molar-refractivity contribution in [3.05, 3.63) is 28.8 Å². The third-order valence-corrected chi connectivity index (χ3v) is 2.31. The fraction of sp³-hybridized carbons (Fsp3) is 0.333. The monoisotopic (exact) mass is 254 g/mol. The summed E-state index contributed by atoms with van der Waals surface area (Å²) >= 11 is 5.70. The van der Waals surface area contributed by atoms with E-state index in [1.807, 2.05) is 0 Å². The molecule has 0 spiro atoms. The van der Waals surface area contributed by atoms with Crippen LogP contribution in [0.4, 0.5) is 13.2 Å². The molecular weight excluding hydrogens is 245 g/mol. The van der Waals surface area contributed by atoms with Gasteiger partial charge in [-0.15, -0.1) is 0 Å². The molecule has 0 aliphatic carbocycles. The van der Waals surface area contributed by atoms with Crippen molar-refractivity contribution >= 4 is 11.6 Å². The number of hydrogen-bond donors (Lipinski definition) is 2. The maximum absolute atomic E-state index is 12.5. The number of nitrogens with one attached hydrogen (secondary N) is 1. The second kappa shape index (κ2) is 4.90. The predicted octanol–water partition coefficient (Wildman–Crippen LogP) is 2.42. The van der Waals surface area contributed by atoms with E-state index < -0.39 is 12.2 Å². The van der Waals surface area contributed by atoms with Crippen molar-refractivity contribution in [2.45, 2.75) is 12.2 Å². The van der Waals surface area contributed by atoms with Crippen LogP contribution < -0.4 is 16.0 Å². The smallest absolute Gasteiger partial charge is 0.409 e. The van der Waals surface area contributed by atoms with E-state index in [0.29, 0.717) is 0 Å². The Morgan fingerprint density at radius 3 is 2.50 bits per heavy atom. The summed E-state index contributed by atoms with van der Waals surface area (Å²) in [5, 5.41) is 0.240. The van der Waals surface area contributed by atoms with Gasteiger partial charge in [0, 0.05) is 0 Å². The van der Waals surface area contributed by atoms with Crippen LogP contribution in [0, 0.1) is 0 Å². The molecule has 0 aromatic heterocycles. The van der Waals surface area contributed by atoms with Gasteiger partial charge in [-0.2, -0.15) is 13.2 Å². The SMILES string of the molecule is COc1cc(C(NN)C(F)(F)F)ccc1Cl. The molecule has 0 radical (unpaired) electrons. The van der Waals surface area contributed by atoms with Crippen LogP contribution in [0.15, 0.2) is 18.2 Å². The Balaban J connectivity index is 3.12. The van der Waals surface area contributed by atoms with E-state index in [9.17, 15) is 13.2 Å². The summed E-state index contributed by atoms with van der Waals surface area (Å²) in [6.07, 6.45) is -4.48. The number of nitrogens with two attached hydrogens (primary N) is 1. The molecule has 0 aliphatic rings. The Bertz CT molecular complexity index is 370. The van der Waals surface area contributed by atoms with Gasteiger partial charge in [-0.05, 0) is 17.7 Å². The first-order valence-corrected chi connectivity index (χ1v) is 4.64. The summed E-state index contributed by atoms with van der Waals surface area (Å²) in [5.41, 5.74) is 1.65. The maximum atomic E-state index is 12.5. The lowest BCUT2D eigenvalue weighted by molar-refractivity contribution is -0.157. The van der Waals surface area contributed by atoms with Gasteiger partial charge in [0.25, 0.3) is 0 Å². The summed E-state index contributed by atoms with van der Waals surface area (Å²) in [5.74, 6) is 5.05. The Morgan fingerprint density at radius 1 is 1.44 bits per heavy atom. The minimum absolute atomic E-state index is 0.0590. The lowest BCUT2D eigenvalue weighted by Gasteiger charge is -2.20. The van der Waals surface area contributed by atoms with Crippen LogP contribution in [0.5, 0.6) is 5.75 Å². The zero-order chi connectivity index (χ0) is 12.3. The van der Waals surface area contributed by atoms with Gasteiger partial charge in [0.15, 0.2) is 0 Å².